The summed E-state index contributed by atoms with van der Waals surface area (Å²) in [6, 6.07) is 16.1. The van der Waals surface area contributed by atoms with E-state index in [2.05, 4.69) is 17.2 Å². The number of hydrogen-bond acceptors (Lipinski definition) is 2. The van der Waals surface area contributed by atoms with E-state index in [0.717, 1.165) is 11.1 Å². The molecule has 2 N–H and O–H groups in total. The van der Waals surface area contributed by atoms with Crippen LogP contribution in [0.15, 0.2) is 66.9 Å². The Morgan fingerprint density at radius 2 is 1.83 bits per heavy atom. The van der Waals surface area contributed by atoms with Crippen molar-refractivity contribution in [1.82, 2.24) is 10.6 Å². The van der Waals surface area contributed by atoms with Crippen LogP contribution in [-0.4, -0.2) is 11.8 Å². The number of rotatable bonds is 3. The second kappa shape index (κ2) is 6.08. The zero-order chi connectivity index (χ0) is 16.4. The third-order valence-electron chi connectivity index (χ3n) is 4.01. The van der Waals surface area contributed by atoms with Crippen molar-refractivity contribution in [2.75, 3.05) is 0 Å². The van der Waals surface area contributed by atoms with E-state index in [0.29, 0.717) is 11.3 Å². The molecule has 23 heavy (non-hydrogen) atoms. The van der Waals surface area contributed by atoms with Crippen LogP contribution in [-0.2, 0) is 0 Å². The zero-order valence-corrected chi connectivity index (χ0v) is 12.9. The van der Waals surface area contributed by atoms with Gasteiger partial charge in [-0.15, -0.1) is 0 Å². The van der Waals surface area contributed by atoms with Crippen molar-refractivity contribution in [3.05, 3.63) is 83.6 Å². The Bertz CT molecular complexity index is 768. The lowest BCUT2D eigenvalue weighted by Crippen LogP contribution is -2.50. The summed E-state index contributed by atoms with van der Waals surface area (Å²) in [5.41, 5.74) is 3.01. The number of carbonyl (C=O) groups is 2. The van der Waals surface area contributed by atoms with Crippen LogP contribution in [0, 0.1) is 12.8 Å². The van der Waals surface area contributed by atoms with Crippen LogP contribution in [0.3, 0.4) is 0 Å². The Morgan fingerprint density at radius 1 is 1.09 bits per heavy atom. The largest absolute Gasteiger partial charge is 0.330 e. The Kier molecular flexibility index (Phi) is 3.98. The topological polar surface area (TPSA) is 58.2 Å². The maximum atomic E-state index is 12.9. The van der Waals surface area contributed by atoms with E-state index in [1.807, 2.05) is 49.4 Å². The SMILES string of the molecule is C=C1NC(=O)N[C@H](c2cccc(C)c2)[C@@H]1C(=O)c1ccccc1. The van der Waals surface area contributed by atoms with E-state index >= 15 is 0 Å². The highest BCUT2D eigenvalue weighted by molar-refractivity contribution is 6.01. The van der Waals surface area contributed by atoms with Gasteiger partial charge in [-0.3, -0.25) is 4.79 Å². The first-order valence-corrected chi connectivity index (χ1v) is 7.48. The summed E-state index contributed by atoms with van der Waals surface area (Å²) in [5, 5.41) is 5.49. The van der Waals surface area contributed by atoms with E-state index in [4.69, 9.17) is 0 Å². The van der Waals surface area contributed by atoms with E-state index < -0.39 is 12.0 Å². The molecule has 2 aromatic carbocycles. The lowest BCUT2D eigenvalue weighted by atomic mass is 9.83. The minimum absolute atomic E-state index is 0.0605. The fraction of sp³-hybridized carbons (Fsp3) is 0.158. The van der Waals surface area contributed by atoms with Gasteiger partial charge in [0, 0.05) is 11.3 Å². The van der Waals surface area contributed by atoms with E-state index in [1.165, 1.54) is 0 Å². The second-order valence-corrected chi connectivity index (χ2v) is 5.72. The number of ketones is 1. The van der Waals surface area contributed by atoms with E-state index in [-0.39, 0.29) is 11.8 Å². The molecule has 0 radical (unpaired) electrons. The predicted octanol–water partition coefficient (Wildman–Crippen LogP) is 3.36. The minimum atomic E-state index is -0.545. The van der Waals surface area contributed by atoms with Crippen LogP contribution in [0.4, 0.5) is 4.79 Å². The van der Waals surface area contributed by atoms with E-state index in [1.54, 1.807) is 12.1 Å². The van der Waals surface area contributed by atoms with Gasteiger partial charge in [0.1, 0.15) is 0 Å². The summed E-state index contributed by atoms with van der Waals surface area (Å²) in [7, 11) is 0. The lowest BCUT2D eigenvalue weighted by Gasteiger charge is -2.34. The number of nitrogens with one attached hydrogen (secondary N) is 2. The molecule has 116 valence electrons. The summed E-state index contributed by atoms with van der Waals surface area (Å²) in [6.45, 7) is 5.88. The Morgan fingerprint density at radius 3 is 2.52 bits per heavy atom. The smallest absolute Gasteiger partial charge is 0.319 e. The summed E-state index contributed by atoms with van der Waals surface area (Å²) < 4.78 is 0. The first-order chi connectivity index (χ1) is 11.1. The second-order valence-electron chi connectivity index (χ2n) is 5.72. The van der Waals surface area contributed by atoms with Gasteiger partial charge in [0.2, 0.25) is 0 Å². The van der Waals surface area contributed by atoms with Crippen LogP contribution >= 0.6 is 0 Å². The monoisotopic (exact) mass is 306 g/mol. The molecule has 0 aliphatic carbocycles. The molecule has 0 unspecified atom stereocenters. The molecule has 3 rings (SSSR count). The minimum Gasteiger partial charge on any atom is -0.330 e. The molecule has 0 aromatic heterocycles. The zero-order valence-electron chi connectivity index (χ0n) is 12.9. The molecule has 0 saturated carbocycles. The molecule has 0 bridgehead atoms. The Balaban J connectivity index is 2.01. The van der Waals surface area contributed by atoms with Gasteiger partial charge in [0.25, 0.3) is 0 Å². The third kappa shape index (κ3) is 3.01. The van der Waals surface area contributed by atoms with Crippen LogP contribution in [0.1, 0.15) is 27.5 Å². The quantitative estimate of drug-likeness (QED) is 0.854. The molecule has 0 spiro atoms. The molecular weight excluding hydrogens is 288 g/mol. The number of amides is 2. The first-order valence-electron chi connectivity index (χ1n) is 7.48. The van der Waals surface area contributed by atoms with Gasteiger partial charge in [-0.05, 0) is 12.5 Å². The molecule has 1 saturated heterocycles. The van der Waals surface area contributed by atoms with Gasteiger partial charge >= 0.3 is 6.03 Å². The van der Waals surface area contributed by atoms with Crippen molar-refractivity contribution in [1.29, 1.82) is 0 Å². The Labute approximate surface area is 135 Å². The summed E-state index contributed by atoms with van der Waals surface area (Å²) >= 11 is 0. The Hall–Kier alpha value is -2.88. The fourth-order valence-corrected chi connectivity index (χ4v) is 2.92. The normalized spacial score (nSPS) is 20.6. The van der Waals surface area contributed by atoms with Gasteiger partial charge in [-0.1, -0.05) is 66.7 Å². The number of benzene rings is 2. The molecule has 4 heteroatoms. The van der Waals surface area contributed by atoms with Crippen molar-refractivity contribution in [3.8, 4) is 0 Å². The molecule has 4 nitrogen and oxygen atoms in total. The van der Waals surface area contributed by atoms with Gasteiger partial charge in [-0.2, -0.15) is 0 Å². The first kappa shape index (κ1) is 15.0. The highest BCUT2D eigenvalue weighted by Gasteiger charge is 2.37. The highest BCUT2D eigenvalue weighted by Crippen LogP contribution is 2.32. The molecule has 2 atom stereocenters. The molecule has 1 aliphatic heterocycles. The molecule has 1 fully saturated rings. The summed E-state index contributed by atoms with van der Waals surface area (Å²) in [5.74, 6) is -0.605. The number of aryl methyl sites for hydroxylation is 1. The van der Waals surface area contributed by atoms with Gasteiger partial charge in [0.15, 0.2) is 5.78 Å². The van der Waals surface area contributed by atoms with Crippen molar-refractivity contribution in [2.45, 2.75) is 13.0 Å². The maximum absolute atomic E-state index is 12.9. The van der Waals surface area contributed by atoms with Crippen LogP contribution in [0.25, 0.3) is 0 Å². The van der Waals surface area contributed by atoms with Crippen molar-refractivity contribution in [2.24, 2.45) is 5.92 Å². The average molecular weight is 306 g/mol. The average Bonchev–Trinajstić information content (AvgIpc) is 2.54. The van der Waals surface area contributed by atoms with Gasteiger partial charge < -0.3 is 10.6 Å². The third-order valence-corrected chi connectivity index (χ3v) is 4.01. The number of urea groups is 1. The van der Waals surface area contributed by atoms with Crippen LogP contribution in [0.2, 0.25) is 0 Å². The maximum Gasteiger partial charge on any atom is 0.319 e. The molecule has 2 aromatic rings. The van der Waals surface area contributed by atoms with Gasteiger partial charge in [-0.25, -0.2) is 4.79 Å². The van der Waals surface area contributed by atoms with Crippen LogP contribution in [0.5, 0.6) is 0 Å². The molecule has 1 aliphatic rings. The number of hydrogen-bond donors (Lipinski definition) is 2. The van der Waals surface area contributed by atoms with Crippen molar-refractivity contribution < 1.29 is 9.59 Å². The van der Waals surface area contributed by atoms with E-state index in [9.17, 15) is 9.59 Å². The predicted molar refractivity (Wildman–Crippen MR) is 89.0 cm³/mol. The molecular formula is C19H18N2O2. The lowest BCUT2D eigenvalue weighted by molar-refractivity contribution is 0.0905. The highest BCUT2D eigenvalue weighted by atomic mass is 16.2. The van der Waals surface area contributed by atoms with Crippen molar-refractivity contribution in [3.63, 3.8) is 0 Å². The van der Waals surface area contributed by atoms with Crippen LogP contribution < -0.4 is 10.6 Å². The molecule has 2 amide bonds. The fourth-order valence-electron chi connectivity index (χ4n) is 2.92. The summed E-state index contributed by atoms with van der Waals surface area (Å²) in [4.78, 5) is 24.8. The molecule has 1 heterocycles. The van der Waals surface area contributed by atoms with Gasteiger partial charge in [0.05, 0.1) is 12.0 Å². The number of Topliss-reactive ketones (excluding diaryl/α,β-unsaturated/α-hetero) is 1. The number of carbonyl (C=O) groups excluding carboxylic acids is 2. The standard InChI is InChI=1S/C19H18N2O2/c1-12-7-6-10-15(11-12)17-16(13(2)20-19(23)21-17)18(22)14-8-4-3-5-9-14/h3-11,16-17H,2H2,1H3,(H2,20,21,23)/t16-,17-/m1/s1. The summed E-state index contributed by atoms with van der Waals surface area (Å²) in [6.07, 6.45) is 0. The van der Waals surface area contributed by atoms with Crippen molar-refractivity contribution >= 4 is 11.8 Å².